The highest BCUT2D eigenvalue weighted by molar-refractivity contribution is 7.98. The van der Waals surface area contributed by atoms with Crippen molar-refractivity contribution in [2.24, 2.45) is 11.7 Å². The molecule has 1 aromatic heterocycles. The van der Waals surface area contributed by atoms with Gasteiger partial charge in [-0.2, -0.15) is 9.97 Å². The number of carbonyl (C=O) groups is 2. The van der Waals surface area contributed by atoms with Gasteiger partial charge in [-0.3, -0.25) is 14.5 Å². The number of nitrogens with two attached hydrogens (primary N) is 1. The van der Waals surface area contributed by atoms with E-state index in [0.29, 0.717) is 17.0 Å². The number of anilines is 1. The SMILES string of the molecule is CSc1nc(C2CC2)nc(N2CC(C(N)=O)CC2=O)n1. The van der Waals surface area contributed by atoms with E-state index in [1.54, 1.807) is 0 Å². The first-order valence-corrected chi connectivity index (χ1v) is 7.70. The predicted molar refractivity (Wildman–Crippen MR) is 73.2 cm³/mol. The molecule has 20 heavy (non-hydrogen) atoms. The molecule has 7 nitrogen and oxygen atoms in total. The smallest absolute Gasteiger partial charge is 0.236 e. The summed E-state index contributed by atoms with van der Waals surface area (Å²) in [6.07, 6.45) is 4.17. The predicted octanol–water partition coefficient (Wildman–Crippen LogP) is 0.309. The number of amides is 2. The summed E-state index contributed by atoms with van der Waals surface area (Å²) in [7, 11) is 0. The fourth-order valence-corrected chi connectivity index (χ4v) is 2.55. The third-order valence-corrected chi connectivity index (χ3v) is 4.06. The molecule has 0 bridgehead atoms. The molecule has 1 aliphatic heterocycles. The van der Waals surface area contributed by atoms with Crippen LogP contribution in [0.4, 0.5) is 5.95 Å². The molecule has 1 aromatic rings. The summed E-state index contributed by atoms with van der Waals surface area (Å²) in [5.41, 5.74) is 5.27. The van der Waals surface area contributed by atoms with Crippen molar-refractivity contribution in [1.82, 2.24) is 15.0 Å². The van der Waals surface area contributed by atoms with Crippen molar-refractivity contribution in [1.29, 1.82) is 0 Å². The van der Waals surface area contributed by atoms with E-state index in [4.69, 9.17) is 5.73 Å². The Labute approximate surface area is 120 Å². The van der Waals surface area contributed by atoms with Gasteiger partial charge in [0, 0.05) is 18.9 Å². The average molecular weight is 293 g/mol. The number of carbonyl (C=O) groups excluding carboxylic acids is 2. The zero-order chi connectivity index (χ0) is 14.3. The third kappa shape index (κ3) is 2.47. The van der Waals surface area contributed by atoms with Gasteiger partial charge in [0.05, 0.1) is 5.92 Å². The molecule has 106 valence electrons. The largest absolute Gasteiger partial charge is 0.369 e. The summed E-state index contributed by atoms with van der Waals surface area (Å²) in [6.45, 7) is 0.260. The van der Waals surface area contributed by atoms with Gasteiger partial charge in [-0.1, -0.05) is 11.8 Å². The molecule has 2 heterocycles. The molecule has 1 saturated carbocycles. The molecule has 1 atom stereocenters. The molecule has 2 amide bonds. The van der Waals surface area contributed by atoms with Gasteiger partial charge < -0.3 is 5.73 Å². The fourth-order valence-electron chi connectivity index (χ4n) is 2.19. The molecular weight excluding hydrogens is 278 g/mol. The lowest BCUT2D eigenvalue weighted by atomic mass is 10.1. The first-order chi connectivity index (χ1) is 9.58. The topological polar surface area (TPSA) is 102 Å². The van der Waals surface area contributed by atoms with Gasteiger partial charge in [-0.15, -0.1) is 0 Å². The zero-order valence-corrected chi connectivity index (χ0v) is 11.9. The van der Waals surface area contributed by atoms with Crippen LogP contribution in [0.5, 0.6) is 0 Å². The molecule has 0 radical (unpaired) electrons. The molecular formula is C12H15N5O2S. The van der Waals surface area contributed by atoms with Crippen LogP contribution < -0.4 is 10.6 Å². The van der Waals surface area contributed by atoms with E-state index in [2.05, 4.69) is 15.0 Å². The Balaban J connectivity index is 1.91. The van der Waals surface area contributed by atoms with Gasteiger partial charge in [0.2, 0.25) is 17.8 Å². The Morgan fingerprint density at radius 1 is 1.35 bits per heavy atom. The number of hydrogen-bond acceptors (Lipinski definition) is 6. The molecule has 0 aromatic carbocycles. The number of thioether (sulfide) groups is 1. The van der Waals surface area contributed by atoms with Gasteiger partial charge in [0.1, 0.15) is 5.82 Å². The fraction of sp³-hybridized carbons (Fsp3) is 0.583. The molecule has 0 spiro atoms. The van der Waals surface area contributed by atoms with Crippen LogP contribution in [0.2, 0.25) is 0 Å². The zero-order valence-electron chi connectivity index (χ0n) is 11.1. The maximum absolute atomic E-state index is 12.0. The normalized spacial score (nSPS) is 22.4. The first-order valence-electron chi connectivity index (χ1n) is 6.48. The lowest BCUT2D eigenvalue weighted by Gasteiger charge is -2.15. The molecule has 1 aliphatic carbocycles. The maximum atomic E-state index is 12.0. The minimum atomic E-state index is -0.457. The highest BCUT2D eigenvalue weighted by Gasteiger charge is 2.36. The van der Waals surface area contributed by atoms with Crippen LogP contribution in [0.3, 0.4) is 0 Å². The van der Waals surface area contributed by atoms with Crippen LogP contribution >= 0.6 is 11.8 Å². The Hall–Kier alpha value is -1.70. The summed E-state index contributed by atoms with van der Waals surface area (Å²) < 4.78 is 0. The van der Waals surface area contributed by atoms with Crippen LogP contribution in [0.15, 0.2) is 5.16 Å². The van der Waals surface area contributed by atoms with Crippen LogP contribution in [0.25, 0.3) is 0 Å². The van der Waals surface area contributed by atoms with Crippen molar-refractivity contribution in [3.05, 3.63) is 5.82 Å². The van der Waals surface area contributed by atoms with Crippen molar-refractivity contribution in [2.75, 3.05) is 17.7 Å². The monoisotopic (exact) mass is 293 g/mol. The summed E-state index contributed by atoms with van der Waals surface area (Å²) in [6, 6.07) is 0. The van der Waals surface area contributed by atoms with Gasteiger partial charge in [-0.25, -0.2) is 4.98 Å². The number of aromatic nitrogens is 3. The van der Waals surface area contributed by atoms with E-state index >= 15 is 0 Å². The summed E-state index contributed by atoms with van der Waals surface area (Å²) >= 11 is 1.42. The van der Waals surface area contributed by atoms with Gasteiger partial charge in [0.25, 0.3) is 0 Å². The molecule has 2 aliphatic rings. The lowest BCUT2D eigenvalue weighted by Crippen LogP contribution is -2.30. The molecule has 2 fully saturated rings. The summed E-state index contributed by atoms with van der Waals surface area (Å²) in [4.78, 5) is 37.7. The molecule has 8 heteroatoms. The molecule has 1 saturated heterocycles. The molecule has 2 N–H and O–H groups in total. The van der Waals surface area contributed by atoms with E-state index < -0.39 is 11.8 Å². The summed E-state index contributed by atoms with van der Waals surface area (Å²) in [5, 5.41) is 0.604. The van der Waals surface area contributed by atoms with E-state index in [1.165, 1.54) is 16.7 Å². The number of rotatable bonds is 4. The Morgan fingerprint density at radius 2 is 2.10 bits per heavy atom. The number of nitrogens with zero attached hydrogens (tertiary/aromatic N) is 4. The van der Waals surface area contributed by atoms with Gasteiger partial charge >= 0.3 is 0 Å². The van der Waals surface area contributed by atoms with Crippen molar-refractivity contribution in [2.45, 2.75) is 30.3 Å². The second-order valence-corrected chi connectivity index (χ2v) is 5.84. The Kier molecular flexibility index (Phi) is 3.33. The second-order valence-electron chi connectivity index (χ2n) is 5.06. The summed E-state index contributed by atoms with van der Waals surface area (Å²) in [5.74, 6) is 0.402. The Morgan fingerprint density at radius 3 is 2.65 bits per heavy atom. The van der Waals surface area contributed by atoms with Crippen molar-refractivity contribution < 1.29 is 9.59 Å². The Bertz CT molecular complexity index is 575. The van der Waals surface area contributed by atoms with Crippen molar-refractivity contribution >= 4 is 29.5 Å². The lowest BCUT2D eigenvalue weighted by molar-refractivity contribution is -0.123. The second kappa shape index (κ2) is 5.01. The highest BCUT2D eigenvalue weighted by Crippen LogP contribution is 2.39. The van der Waals surface area contributed by atoms with E-state index in [0.717, 1.165) is 18.7 Å². The maximum Gasteiger partial charge on any atom is 0.236 e. The highest BCUT2D eigenvalue weighted by atomic mass is 32.2. The van der Waals surface area contributed by atoms with Gasteiger partial charge in [0.15, 0.2) is 5.16 Å². The van der Waals surface area contributed by atoms with Crippen LogP contribution in [0, 0.1) is 5.92 Å². The standard InChI is InChI=1S/C12H15N5O2S/c1-20-12-15-10(6-2-3-6)14-11(16-12)17-5-7(9(13)19)4-8(17)18/h6-7H,2-5H2,1H3,(H2,13,19). The van der Waals surface area contributed by atoms with Crippen LogP contribution in [-0.4, -0.2) is 39.6 Å². The van der Waals surface area contributed by atoms with E-state index in [9.17, 15) is 9.59 Å². The number of hydrogen-bond donors (Lipinski definition) is 1. The van der Waals surface area contributed by atoms with Crippen LogP contribution in [-0.2, 0) is 9.59 Å². The van der Waals surface area contributed by atoms with E-state index in [-0.39, 0.29) is 18.9 Å². The molecule has 1 unspecified atom stereocenters. The average Bonchev–Trinajstić information content (AvgIpc) is 3.21. The van der Waals surface area contributed by atoms with Crippen LogP contribution in [0.1, 0.15) is 31.0 Å². The minimum absolute atomic E-state index is 0.133. The van der Waals surface area contributed by atoms with E-state index in [1.807, 2.05) is 6.26 Å². The molecule has 3 rings (SSSR count). The quantitative estimate of drug-likeness (QED) is 0.801. The van der Waals surface area contributed by atoms with Crippen molar-refractivity contribution in [3.63, 3.8) is 0 Å². The minimum Gasteiger partial charge on any atom is -0.369 e. The number of primary amides is 1. The third-order valence-electron chi connectivity index (χ3n) is 3.51. The van der Waals surface area contributed by atoms with Gasteiger partial charge in [-0.05, 0) is 19.1 Å². The first kappa shape index (κ1) is 13.3. The van der Waals surface area contributed by atoms with Crippen molar-refractivity contribution in [3.8, 4) is 0 Å².